The third-order valence-electron chi connectivity index (χ3n) is 2.84. The van der Waals surface area contributed by atoms with E-state index in [1.165, 1.54) is 11.8 Å². The van der Waals surface area contributed by atoms with Crippen LogP contribution >= 0.6 is 11.8 Å². The summed E-state index contributed by atoms with van der Waals surface area (Å²) < 4.78 is 1.87. The highest BCUT2D eigenvalue weighted by molar-refractivity contribution is 7.99. The van der Waals surface area contributed by atoms with Gasteiger partial charge in [0.05, 0.1) is 11.3 Å². The molecule has 0 atom stereocenters. The van der Waals surface area contributed by atoms with Crippen LogP contribution in [0.2, 0.25) is 0 Å². The van der Waals surface area contributed by atoms with Gasteiger partial charge in [-0.1, -0.05) is 30.0 Å². The number of pyridine rings is 1. The number of thioether (sulfide) groups is 1. The van der Waals surface area contributed by atoms with Crippen molar-refractivity contribution in [3.8, 4) is 0 Å². The van der Waals surface area contributed by atoms with Gasteiger partial charge >= 0.3 is 6.03 Å². The summed E-state index contributed by atoms with van der Waals surface area (Å²) in [5.41, 5.74) is 6.55. The van der Waals surface area contributed by atoms with Crippen molar-refractivity contribution in [3.05, 3.63) is 36.4 Å². The molecule has 0 spiro atoms. The van der Waals surface area contributed by atoms with Crippen molar-refractivity contribution in [3.63, 3.8) is 0 Å². The van der Waals surface area contributed by atoms with Crippen molar-refractivity contribution in [1.29, 1.82) is 0 Å². The molecule has 1 aromatic carbocycles. The van der Waals surface area contributed by atoms with Gasteiger partial charge < -0.3 is 5.73 Å². The van der Waals surface area contributed by atoms with Crippen LogP contribution in [0.3, 0.4) is 0 Å². The molecule has 0 fully saturated rings. The van der Waals surface area contributed by atoms with E-state index in [0.29, 0.717) is 10.8 Å². The summed E-state index contributed by atoms with van der Waals surface area (Å²) in [6.07, 6.45) is 0. The minimum absolute atomic E-state index is 0.0347. The summed E-state index contributed by atoms with van der Waals surface area (Å²) in [6.45, 7) is 0. The average Bonchev–Trinajstić information content (AvgIpc) is 2.88. The molecule has 0 bridgehead atoms. The van der Waals surface area contributed by atoms with Crippen LogP contribution in [-0.4, -0.2) is 32.3 Å². The summed E-state index contributed by atoms with van der Waals surface area (Å²) in [5.74, 6) is -0.433. The maximum absolute atomic E-state index is 11.5. The number of rotatable bonds is 3. The molecule has 0 aliphatic rings. The first kappa shape index (κ1) is 13.4. The smallest absolute Gasteiger partial charge is 0.318 e. The minimum Gasteiger partial charge on any atom is -0.351 e. The Labute approximate surface area is 123 Å². The monoisotopic (exact) mass is 301 g/mol. The van der Waals surface area contributed by atoms with Crippen molar-refractivity contribution in [2.45, 2.75) is 5.16 Å². The number of nitrogens with one attached hydrogen (secondary N) is 1. The normalized spacial score (nSPS) is 10.9. The van der Waals surface area contributed by atoms with Gasteiger partial charge in [0.2, 0.25) is 5.91 Å². The summed E-state index contributed by atoms with van der Waals surface area (Å²) in [4.78, 5) is 22.1. The third-order valence-corrected chi connectivity index (χ3v) is 3.77. The van der Waals surface area contributed by atoms with E-state index in [-0.39, 0.29) is 5.75 Å². The molecule has 8 heteroatoms. The number of benzene rings is 1. The number of nitrogens with zero attached hydrogens (tertiary/aromatic N) is 3. The minimum atomic E-state index is -0.864. The molecule has 0 saturated carbocycles. The van der Waals surface area contributed by atoms with Crippen LogP contribution in [0.25, 0.3) is 16.6 Å². The van der Waals surface area contributed by atoms with Crippen LogP contribution < -0.4 is 11.1 Å². The predicted octanol–water partition coefficient (Wildman–Crippen LogP) is 1.17. The lowest BCUT2D eigenvalue weighted by Crippen LogP contribution is -2.36. The first-order valence-electron chi connectivity index (χ1n) is 6.10. The van der Waals surface area contributed by atoms with Gasteiger partial charge in [0.1, 0.15) is 0 Å². The number of nitrogens with two attached hydrogens (primary N) is 1. The van der Waals surface area contributed by atoms with Crippen LogP contribution in [0, 0.1) is 0 Å². The Morgan fingerprint density at radius 2 is 2.00 bits per heavy atom. The number of urea groups is 1. The number of hydrogen-bond donors (Lipinski definition) is 2. The van der Waals surface area contributed by atoms with Crippen LogP contribution in [0.4, 0.5) is 4.79 Å². The van der Waals surface area contributed by atoms with Crippen molar-refractivity contribution in [2.75, 3.05) is 5.75 Å². The van der Waals surface area contributed by atoms with E-state index >= 15 is 0 Å². The van der Waals surface area contributed by atoms with Gasteiger partial charge in [-0.2, -0.15) is 0 Å². The van der Waals surface area contributed by atoms with Gasteiger partial charge in [-0.05, 0) is 23.6 Å². The first-order valence-corrected chi connectivity index (χ1v) is 7.08. The van der Waals surface area contributed by atoms with E-state index in [9.17, 15) is 9.59 Å². The van der Waals surface area contributed by atoms with E-state index < -0.39 is 11.9 Å². The lowest BCUT2D eigenvalue weighted by atomic mass is 10.2. The second kappa shape index (κ2) is 5.41. The fourth-order valence-electron chi connectivity index (χ4n) is 2.01. The average molecular weight is 301 g/mol. The second-order valence-electron chi connectivity index (χ2n) is 4.27. The molecule has 3 N–H and O–H groups in total. The quantitative estimate of drug-likeness (QED) is 0.707. The van der Waals surface area contributed by atoms with Crippen molar-refractivity contribution in [2.24, 2.45) is 5.73 Å². The Hall–Kier alpha value is -2.61. The first-order chi connectivity index (χ1) is 10.1. The number of carbonyl (C=O) groups excluding carboxylic acids is 2. The fourth-order valence-corrected chi connectivity index (χ4v) is 2.76. The number of imide groups is 1. The molecule has 0 unspecified atom stereocenters. The molecule has 0 aliphatic carbocycles. The Balaban J connectivity index is 1.94. The number of amides is 3. The molecule has 3 amide bonds. The molecular formula is C13H11N5O2S. The molecule has 0 aliphatic heterocycles. The third kappa shape index (κ3) is 2.65. The lowest BCUT2D eigenvalue weighted by Gasteiger charge is -2.04. The van der Waals surface area contributed by atoms with E-state index in [0.717, 1.165) is 10.9 Å². The van der Waals surface area contributed by atoms with E-state index in [1.54, 1.807) is 0 Å². The molecule has 3 aromatic rings. The van der Waals surface area contributed by atoms with Crippen LogP contribution in [0.1, 0.15) is 0 Å². The molecule has 106 valence electrons. The van der Waals surface area contributed by atoms with Gasteiger partial charge in [0.25, 0.3) is 0 Å². The van der Waals surface area contributed by atoms with E-state index in [1.807, 2.05) is 46.1 Å². The Morgan fingerprint density at radius 3 is 2.81 bits per heavy atom. The van der Waals surface area contributed by atoms with Gasteiger partial charge in [0.15, 0.2) is 10.8 Å². The van der Waals surface area contributed by atoms with E-state index in [2.05, 4.69) is 10.2 Å². The van der Waals surface area contributed by atoms with Crippen LogP contribution in [-0.2, 0) is 4.79 Å². The van der Waals surface area contributed by atoms with Gasteiger partial charge in [-0.15, -0.1) is 10.2 Å². The number of carbonyl (C=O) groups is 2. The summed E-state index contributed by atoms with van der Waals surface area (Å²) in [5, 5.41) is 11.8. The molecule has 21 heavy (non-hydrogen) atoms. The second-order valence-corrected chi connectivity index (χ2v) is 5.21. The largest absolute Gasteiger partial charge is 0.351 e. The van der Waals surface area contributed by atoms with Crippen LogP contribution in [0.15, 0.2) is 41.6 Å². The van der Waals surface area contributed by atoms with Crippen molar-refractivity contribution < 1.29 is 9.59 Å². The molecule has 2 heterocycles. The highest BCUT2D eigenvalue weighted by atomic mass is 32.2. The highest BCUT2D eigenvalue weighted by Gasteiger charge is 2.12. The molecule has 0 saturated heterocycles. The van der Waals surface area contributed by atoms with Crippen molar-refractivity contribution in [1.82, 2.24) is 19.9 Å². The van der Waals surface area contributed by atoms with Gasteiger partial charge in [0, 0.05) is 0 Å². The standard InChI is InChI=1S/C13H11N5O2S/c14-12(20)15-11(19)7-21-13-17-16-10-6-5-8-3-1-2-4-9(8)18(10)13/h1-6H,7H2,(H3,14,15,19,20). The van der Waals surface area contributed by atoms with Crippen LogP contribution in [0.5, 0.6) is 0 Å². The number of fused-ring (bicyclic) bond motifs is 3. The molecular weight excluding hydrogens is 290 g/mol. The van der Waals surface area contributed by atoms with Crippen molar-refractivity contribution >= 4 is 40.3 Å². The highest BCUT2D eigenvalue weighted by Crippen LogP contribution is 2.22. The molecule has 7 nitrogen and oxygen atoms in total. The summed E-state index contributed by atoms with van der Waals surface area (Å²) in [7, 11) is 0. The predicted molar refractivity (Wildman–Crippen MR) is 78.9 cm³/mol. The Morgan fingerprint density at radius 1 is 1.19 bits per heavy atom. The fraction of sp³-hybridized carbons (Fsp3) is 0.0769. The zero-order valence-corrected chi connectivity index (χ0v) is 11.6. The Bertz CT molecular complexity index is 845. The number of hydrogen-bond acceptors (Lipinski definition) is 5. The lowest BCUT2D eigenvalue weighted by molar-refractivity contribution is -0.117. The Kier molecular flexibility index (Phi) is 3.44. The molecule has 3 rings (SSSR count). The topological polar surface area (TPSA) is 102 Å². The maximum Gasteiger partial charge on any atom is 0.318 e. The van der Waals surface area contributed by atoms with Gasteiger partial charge in [-0.3, -0.25) is 14.5 Å². The number of para-hydroxylation sites is 1. The van der Waals surface area contributed by atoms with Gasteiger partial charge in [-0.25, -0.2) is 4.79 Å². The number of aromatic nitrogens is 3. The SMILES string of the molecule is NC(=O)NC(=O)CSc1nnc2ccc3ccccc3n12. The zero-order valence-electron chi connectivity index (χ0n) is 10.8. The number of primary amides is 1. The molecule has 2 aromatic heterocycles. The summed E-state index contributed by atoms with van der Waals surface area (Å²) >= 11 is 1.19. The summed E-state index contributed by atoms with van der Waals surface area (Å²) in [6, 6.07) is 10.8. The maximum atomic E-state index is 11.5. The van der Waals surface area contributed by atoms with E-state index in [4.69, 9.17) is 5.73 Å². The zero-order chi connectivity index (χ0) is 14.8. The molecule has 0 radical (unpaired) electrons.